The van der Waals surface area contributed by atoms with Gasteiger partial charge in [0.15, 0.2) is 0 Å². The quantitative estimate of drug-likeness (QED) is 0.912. The van der Waals surface area contributed by atoms with Gasteiger partial charge in [-0.25, -0.2) is 0 Å². The molecule has 2 nitrogen and oxygen atoms in total. The Balaban J connectivity index is 2.96. The van der Waals surface area contributed by atoms with Crippen LogP contribution in [-0.4, -0.2) is 20.1 Å². The molecule has 1 aromatic carbocycles. The summed E-state index contributed by atoms with van der Waals surface area (Å²) in [5.41, 5.74) is 8.55. The highest BCUT2D eigenvalue weighted by atomic mass is 79.9. The van der Waals surface area contributed by atoms with Crippen LogP contribution in [0.15, 0.2) is 22.7 Å². The van der Waals surface area contributed by atoms with Gasteiger partial charge in [0, 0.05) is 30.3 Å². The van der Waals surface area contributed by atoms with Crippen molar-refractivity contribution in [3.8, 4) is 0 Å². The maximum absolute atomic E-state index is 5.99. The number of hydrogen-bond acceptors (Lipinski definition) is 2. The Kier molecular flexibility index (Phi) is 4.61. The Labute approximate surface area is 101 Å². The van der Waals surface area contributed by atoms with Crippen molar-refractivity contribution in [1.82, 2.24) is 0 Å². The fourth-order valence-corrected chi connectivity index (χ4v) is 1.99. The first kappa shape index (κ1) is 12.5. The topological polar surface area (TPSA) is 29.3 Å². The fourth-order valence-electron chi connectivity index (χ4n) is 1.58. The average molecular weight is 271 g/mol. The molecule has 0 bridgehead atoms. The van der Waals surface area contributed by atoms with Gasteiger partial charge >= 0.3 is 0 Å². The zero-order chi connectivity index (χ0) is 11.4. The summed E-state index contributed by atoms with van der Waals surface area (Å²) in [5.74, 6) is 0. The van der Waals surface area contributed by atoms with Gasteiger partial charge < -0.3 is 10.6 Å². The van der Waals surface area contributed by atoms with Gasteiger partial charge in [-0.3, -0.25) is 0 Å². The van der Waals surface area contributed by atoms with Crippen LogP contribution in [0.1, 0.15) is 18.9 Å². The molecule has 1 atom stereocenters. The lowest BCUT2D eigenvalue weighted by Crippen LogP contribution is -2.23. The van der Waals surface area contributed by atoms with Crippen LogP contribution in [0.4, 0.5) is 5.69 Å². The van der Waals surface area contributed by atoms with Crippen molar-refractivity contribution in [2.75, 3.05) is 19.0 Å². The molecule has 0 aromatic heterocycles. The van der Waals surface area contributed by atoms with E-state index in [1.807, 2.05) is 0 Å². The second kappa shape index (κ2) is 5.52. The Hall–Kier alpha value is -0.540. The molecule has 0 radical (unpaired) electrons. The van der Waals surface area contributed by atoms with E-state index < -0.39 is 0 Å². The van der Waals surface area contributed by atoms with Gasteiger partial charge in [0.1, 0.15) is 0 Å². The lowest BCUT2D eigenvalue weighted by molar-refractivity contribution is 0.646. The number of nitrogens with zero attached hydrogens (tertiary/aromatic N) is 1. The maximum atomic E-state index is 5.99. The first-order valence-electron chi connectivity index (χ1n) is 5.26. The van der Waals surface area contributed by atoms with Crippen LogP contribution in [0.25, 0.3) is 0 Å². The molecule has 0 heterocycles. The van der Waals surface area contributed by atoms with E-state index in [9.17, 15) is 0 Å². The summed E-state index contributed by atoms with van der Waals surface area (Å²) >= 11 is 3.50. The smallest absolute Gasteiger partial charge is 0.0394 e. The molecule has 0 aliphatic carbocycles. The molecule has 3 heteroatoms. The number of nitrogens with two attached hydrogens (primary N) is 1. The summed E-state index contributed by atoms with van der Waals surface area (Å²) in [6, 6.07) is 6.60. The summed E-state index contributed by atoms with van der Waals surface area (Å²) in [5, 5.41) is 0. The normalized spacial score (nSPS) is 12.6. The zero-order valence-corrected chi connectivity index (χ0v) is 11.2. The molecule has 0 spiro atoms. The highest BCUT2D eigenvalue weighted by Crippen LogP contribution is 2.24. The van der Waals surface area contributed by atoms with Crippen LogP contribution in [-0.2, 0) is 6.42 Å². The Morgan fingerprint density at radius 1 is 1.40 bits per heavy atom. The highest BCUT2D eigenvalue weighted by Gasteiger charge is 2.08. The van der Waals surface area contributed by atoms with Gasteiger partial charge in [0.25, 0.3) is 0 Å². The summed E-state index contributed by atoms with van der Waals surface area (Å²) in [6.45, 7) is 2.12. The van der Waals surface area contributed by atoms with E-state index in [1.54, 1.807) is 0 Å². The van der Waals surface area contributed by atoms with Crippen LogP contribution in [0.2, 0.25) is 0 Å². The second-order valence-electron chi connectivity index (χ2n) is 4.04. The molecular weight excluding hydrogens is 252 g/mol. The third-order valence-corrected chi connectivity index (χ3v) is 3.02. The molecule has 0 amide bonds. The zero-order valence-electron chi connectivity index (χ0n) is 9.63. The third-order valence-electron chi connectivity index (χ3n) is 2.53. The molecule has 1 unspecified atom stereocenters. The minimum absolute atomic E-state index is 0.248. The summed E-state index contributed by atoms with van der Waals surface area (Å²) < 4.78 is 1.12. The fraction of sp³-hybridized carbons (Fsp3) is 0.500. The van der Waals surface area contributed by atoms with Crippen molar-refractivity contribution in [3.05, 3.63) is 28.2 Å². The first-order valence-corrected chi connectivity index (χ1v) is 6.05. The lowest BCUT2D eigenvalue weighted by Gasteiger charge is -2.19. The average Bonchev–Trinajstić information content (AvgIpc) is 2.17. The Bertz CT molecular complexity index is 323. The van der Waals surface area contributed by atoms with Crippen molar-refractivity contribution in [2.24, 2.45) is 5.73 Å². The maximum Gasteiger partial charge on any atom is 0.0394 e. The van der Waals surface area contributed by atoms with Crippen LogP contribution < -0.4 is 10.6 Å². The Morgan fingerprint density at radius 2 is 2.07 bits per heavy atom. The van der Waals surface area contributed by atoms with Crippen LogP contribution in [0.3, 0.4) is 0 Å². The van der Waals surface area contributed by atoms with Gasteiger partial charge in [-0.1, -0.05) is 22.9 Å². The van der Waals surface area contributed by atoms with Crippen molar-refractivity contribution in [1.29, 1.82) is 0 Å². The monoisotopic (exact) mass is 270 g/mol. The SMILES string of the molecule is CCC(N)Cc1cc(Br)ccc1N(C)C. The molecular formula is C12H19BrN2. The number of hydrogen-bond donors (Lipinski definition) is 1. The van der Waals surface area contributed by atoms with E-state index in [4.69, 9.17) is 5.73 Å². The predicted molar refractivity (Wildman–Crippen MR) is 70.4 cm³/mol. The van der Waals surface area contributed by atoms with Crippen LogP contribution in [0.5, 0.6) is 0 Å². The molecule has 1 aromatic rings. The minimum atomic E-state index is 0.248. The first-order chi connectivity index (χ1) is 7.04. The largest absolute Gasteiger partial charge is 0.377 e. The lowest BCUT2D eigenvalue weighted by atomic mass is 10.0. The predicted octanol–water partition coefficient (Wildman–Crippen LogP) is 2.79. The molecule has 0 saturated heterocycles. The second-order valence-corrected chi connectivity index (χ2v) is 4.96. The summed E-state index contributed by atoms with van der Waals surface area (Å²) in [6.07, 6.45) is 1.95. The van der Waals surface area contributed by atoms with Gasteiger partial charge in [0.2, 0.25) is 0 Å². The van der Waals surface area contributed by atoms with Gasteiger partial charge in [0.05, 0.1) is 0 Å². The van der Waals surface area contributed by atoms with E-state index in [1.165, 1.54) is 11.3 Å². The molecule has 15 heavy (non-hydrogen) atoms. The van der Waals surface area contributed by atoms with E-state index in [0.29, 0.717) is 0 Å². The Morgan fingerprint density at radius 3 is 2.60 bits per heavy atom. The number of anilines is 1. The highest BCUT2D eigenvalue weighted by molar-refractivity contribution is 9.10. The number of rotatable bonds is 4. The van der Waals surface area contributed by atoms with E-state index in [-0.39, 0.29) is 6.04 Å². The van der Waals surface area contributed by atoms with Crippen LogP contribution >= 0.6 is 15.9 Å². The van der Waals surface area contributed by atoms with Crippen molar-refractivity contribution in [3.63, 3.8) is 0 Å². The van der Waals surface area contributed by atoms with Crippen molar-refractivity contribution < 1.29 is 0 Å². The molecule has 0 aliphatic rings. The van der Waals surface area contributed by atoms with Crippen molar-refractivity contribution in [2.45, 2.75) is 25.8 Å². The third kappa shape index (κ3) is 3.50. The summed E-state index contributed by atoms with van der Waals surface area (Å²) in [7, 11) is 4.12. The van der Waals surface area contributed by atoms with E-state index >= 15 is 0 Å². The molecule has 84 valence electrons. The van der Waals surface area contributed by atoms with Crippen LogP contribution in [0, 0.1) is 0 Å². The van der Waals surface area contributed by atoms with Crippen molar-refractivity contribution >= 4 is 21.6 Å². The molecule has 0 fully saturated rings. The molecule has 1 rings (SSSR count). The van der Waals surface area contributed by atoms with E-state index in [2.05, 4.69) is 60.0 Å². The molecule has 0 aliphatic heterocycles. The summed E-state index contributed by atoms with van der Waals surface area (Å²) in [4.78, 5) is 2.13. The number of halogens is 1. The standard InChI is InChI=1S/C12H19BrN2/c1-4-11(14)8-9-7-10(13)5-6-12(9)15(2)3/h5-7,11H,4,8,14H2,1-3H3. The van der Waals surface area contributed by atoms with Gasteiger partial charge in [-0.2, -0.15) is 0 Å². The molecule has 2 N–H and O–H groups in total. The number of benzene rings is 1. The van der Waals surface area contributed by atoms with Gasteiger partial charge in [-0.15, -0.1) is 0 Å². The van der Waals surface area contributed by atoms with E-state index in [0.717, 1.165) is 17.3 Å². The van der Waals surface area contributed by atoms with Gasteiger partial charge in [-0.05, 0) is 36.6 Å². The minimum Gasteiger partial charge on any atom is -0.377 e. The molecule has 0 saturated carbocycles.